The molecule has 2 N–H and O–H groups in total. The van der Waals surface area contributed by atoms with Gasteiger partial charge in [0, 0.05) is 25.7 Å². The Labute approximate surface area is 70.2 Å². The molecule has 0 aliphatic rings. The molecule has 0 aliphatic heterocycles. The highest BCUT2D eigenvalue weighted by Crippen LogP contribution is 1.85. The van der Waals surface area contributed by atoms with Crippen LogP contribution in [0.3, 0.4) is 0 Å². The van der Waals surface area contributed by atoms with E-state index in [1.807, 2.05) is 6.92 Å². The molecular weight excluding hydrogens is 138 g/mol. The molecule has 0 bridgehead atoms. The molecule has 0 saturated heterocycles. The summed E-state index contributed by atoms with van der Waals surface area (Å²) in [7, 11) is 6.27. The van der Waals surface area contributed by atoms with E-state index in [-0.39, 0.29) is 6.04 Å². The van der Waals surface area contributed by atoms with E-state index in [0.717, 1.165) is 19.6 Å². The van der Waals surface area contributed by atoms with Crippen LogP contribution in [0.5, 0.6) is 0 Å². The van der Waals surface area contributed by atoms with Gasteiger partial charge < -0.3 is 15.5 Å². The first-order chi connectivity index (χ1) is 5.02. The van der Waals surface area contributed by atoms with Crippen molar-refractivity contribution in [1.82, 2.24) is 9.80 Å². The Kier molecular flexibility index (Phi) is 5.46. The lowest BCUT2D eigenvalue weighted by molar-refractivity contribution is 0.272. The molecule has 0 rings (SSSR count). The van der Waals surface area contributed by atoms with Gasteiger partial charge in [-0.2, -0.15) is 0 Å². The fourth-order valence-electron chi connectivity index (χ4n) is 0.954. The zero-order valence-electron chi connectivity index (χ0n) is 8.17. The van der Waals surface area contributed by atoms with Crippen LogP contribution >= 0.6 is 0 Å². The van der Waals surface area contributed by atoms with Crippen molar-refractivity contribution in [2.24, 2.45) is 5.73 Å². The summed E-state index contributed by atoms with van der Waals surface area (Å²) in [6.45, 7) is 5.21. The largest absolute Gasteiger partial charge is 0.327 e. The first-order valence-electron chi connectivity index (χ1n) is 4.11. The van der Waals surface area contributed by atoms with Crippen LogP contribution in [0.2, 0.25) is 0 Å². The minimum atomic E-state index is 0.280. The zero-order chi connectivity index (χ0) is 8.85. The average Bonchev–Trinajstić information content (AvgIpc) is 1.82. The van der Waals surface area contributed by atoms with Crippen molar-refractivity contribution in [2.45, 2.75) is 13.0 Å². The van der Waals surface area contributed by atoms with Crippen molar-refractivity contribution in [3.63, 3.8) is 0 Å². The summed E-state index contributed by atoms with van der Waals surface area (Å²) in [5.74, 6) is 0. The third kappa shape index (κ3) is 7.78. The summed E-state index contributed by atoms with van der Waals surface area (Å²) in [6.07, 6.45) is 0. The fourth-order valence-corrected chi connectivity index (χ4v) is 0.954. The molecule has 0 saturated carbocycles. The van der Waals surface area contributed by atoms with E-state index in [1.165, 1.54) is 0 Å². The molecular formula is C8H21N3. The Morgan fingerprint density at radius 3 is 2.09 bits per heavy atom. The zero-order valence-corrected chi connectivity index (χ0v) is 8.17. The van der Waals surface area contributed by atoms with Crippen LogP contribution in [0.4, 0.5) is 0 Å². The van der Waals surface area contributed by atoms with Crippen LogP contribution in [-0.2, 0) is 0 Å². The molecule has 3 nitrogen and oxygen atoms in total. The Balaban J connectivity index is 3.29. The number of nitrogens with two attached hydrogens (primary N) is 1. The molecule has 1 atom stereocenters. The molecule has 0 aromatic carbocycles. The number of hydrogen-bond donors (Lipinski definition) is 1. The second kappa shape index (κ2) is 5.52. The van der Waals surface area contributed by atoms with Gasteiger partial charge in [0.1, 0.15) is 0 Å². The van der Waals surface area contributed by atoms with E-state index in [0.29, 0.717) is 0 Å². The van der Waals surface area contributed by atoms with Crippen molar-refractivity contribution < 1.29 is 0 Å². The van der Waals surface area contributed by atoms with Gasteiger partial charge in [-0.15, -0.1) is 0 Å². The number of hydrogen-bond acceptors (Lipinski definition) is 3. The maximum absolute atomic E-state index is 5.64. The van der Waals surface area contributed by atoms with Crippen LogP contribution in [0, 0.1) is 0 Å². The lowest BCUT2D eigenvalue weighted by Crippen LogP contribution is -2.36. The summed E-state index contributed by atoms with van der Waals surface area (Å²) in [5, 5.41) is 0. The van der Waals surface area contributed by atoms with Crippen molar-refractivity contribution >= 4 is 0 Å². The molecule has 0 amide bonds. The molecule has 11 heavy (non-hydrogen) atoms. The molecule has 0 spiro atoms. The fraction of sp³-hybridized carbons (Fsp3) is 1.00. The lowest BCUT2D eigenvalue weighted by Gasteiger charge is -2.20. The van der Waals surface area contributed by atoms with Crippen LogP contribution in [0.1, 0.15) is 6.92 Å². The molecule has 0 aromatic heterocycles. The van der Waals surface area contributed by atoms with Crippen molar-refractivity contribution in [3.05, 3.63) is 0 Å². The van der Waals surface area contributed by atoms with E-state index < -0.39 is 0 Å². The van der Waals surface area contributed by atoms with Gasteiger partial charge in [0.25, 0.3) is 0 Å². The third-order valence-corrected chi connectivity index (χ3v) is 1.53. The molecule has 3 heteroatoms. The van der Waals surface area contributed by atoms with Crippen LogP contribution < -0.4 is 5.73 Å². The van der Waals surface area contributed by atoms with Crippen LogP contribution in [0.15, 0.2) is 0 Å². The standard InChI is InChI=1S/C8H21N3/c1-8(9)7-11(4)6-5-10(2)3/h8H,5-7,9H2,1-4H3/t8-/m0/s1. The highest BCUT2D eigenvalue weighted by molar-refractivity contribution is 4.60. The topological polar surface area (TPSA) is 32.5 Å². The van der Waals surface area contributed by atoms with Gasteiger partial charge in [0.2, 0.25) is 0 Å². The van der Waals surface area contributed by atoms with Gasteiger partial charge in [-0.3, -0.25) is 0 Å². The van der Waals surface area contributed by atoms with Gasteiger partial charge in [-0.1, -0.05) is 0 Å². The number of rotatable bonds is 5. The Morgan fingerprint density at radius 2 is 1.73 bits per heavy atom. The van der Waals surface area contributed by atoms with Crippen molar-refractivity contribution in [1.29, 1.82) is 0 Å². The van der Waals surface area contributed by atoms with Gasteiger partial charge in [0.15, 0.2) is 0 Å². The highest BCUT2D eigenvalue weighted by atomic mass is 15.2. The Hall–Kier alpha value is -0.120. The van der Waals surface area contributed by atoms with E-state index in [1.54, 1.807) is 0 Å². The molecule has 0 unspecified atom stereocenters. The normalized spacial score (nSPS) is 14.5. The lowest BCUT2D eigenvalue weighted by atomic mass is 10.3. The Morgan fingerprint density at radius 1 is 1.18 bits per heavy atom. The summed E-state index contributed by atoms with van der Waals surface area (Å²) >= 11 is 0. The van der Waals surface area contributed by atoms with Gasteiger partial charge >= 0.3 is 0 Å². The molecule has 68 valence electrons. The van der Waals surface area contributed by atoms with E-state index in [2.05, 4.69) is 30.9 Å². The molecule has 0 radical (unpaired) electrons. The van der Waals surface area contributed by atoms with Gasteiger partial charge in [-0.25, -0.2) is 0 Å². The summed E-state index contributed by atoms with van der Waals surface area (Å²) < 4.78 is 0. The summed E-state index contributed by atoms with van der Waals surface area (Å²) in [4.78, 5) is 4.43. The Bertz CT molecular complexity index is 91.3. The second-order valence-electron chi connectivity index (χ2n) is 3.54. The maximum atomic E-state index is 5.64. The van der Waals surface area contributed by atoms with E-state index in [9.17, 15) is 0 Å². The smallest absolute Gasteiger partial charge is 0.0139 e. The second-order valence-corrected chi connectivity index (χ2v) is 3.54. The molecule has 0 heterocycles. The van der Waals surface area contributed by atoms with E-state index in [4.69, 9.17) is 5.73 Å². The number of likely N-dealkylation sites (N-methyl/N-ethyl adjacent to an activating group) is 2. The summed E-state index contributed by atoms with van der Waals surface area (Å²) in [5.41, 5.74) is 5.64. The average molecular weight is 159 g/mol. The van der Waals surface area contributed by atoms with Crippen LogP contribution in [-0.4, -0.2) is 56.6 Å². The van der Waals surface area contributed by atoms with Crippen molar-refractivity contribution in [3.8, 4) is 0 Å². The molecule has 0 aliphatic carbocycles. The number of nitrogens with zero attached hydrogens (tertiary/aromatic N) is 2. The molecule has 0 aromatic rings. The monoisotopic (exact) mass is 159 g/mol. The highest BCUT2D eigenvalue weighted by Gasteiger charge is 2.01. The molecule has 0 fully saturated rings. The SMILES string of the molecule is C[C@H](N)CN(C)CCN(C)C. The van der Waals surface area contributed by atoms with Gasteiger partial charge in [0.05, 0.1) is 0 Å². The predicted molar refractivity (Wildman–Crippen MR) is 49.7 cm³/mol. The van der Waals surface area contributed by atoms with Crippen LogP contribution in [0.25, 0.3) is 0 Å². The summed E-state index contributed by atoms with van der Waals surface area (Å²) in [6, 6.07) is 0.280. The van der Waals surface area contributed by atoms with E-state index >= 15 is 0 Å². The van der Waals surface area contributed by atoms with Gasteiger partial charge in [-0.05, 0) is 28.1 Å². The minimum Gasteiger partial charge on any atom is -0.327 e. The quantitative estimate of drug-likeness (QED) is 0.604. The first kappa shape index (κ1) is 10.9. The third-order valence-electron chi connectivity index (χ3n) is 1.53. The maximum Gasteiger partial charge on any atom is 0.0139 e. The first-order valence-corrected chi connectivity index (χ1v) is 4.11. The van der Waals surface area contributed by atoms with Crippen molar-refractivity contribution in [2.75, 3.05) is 40.8 Å². The minimum absolute atomic E-state index is 0.280. The predicted octanol–water partition coefficient (Wildman–Crippen LogP) is -0.173.